The van der Waals surface area contributed by atoms with E-state index >= 15 is 0 Å². The topological polar surface area (TPSA) is 77.9 Å². The summed E-state index contributed by atoms with van der Waals surface area (Å²) in [5.74, 6) is 0. The van der Waals surface area contributed by atoms with Gasteiger partial charge in [-0.2, -0.15) is 0 Å². The van der Waals surface area contributed by atoms with Crippen LogP contribution in [0.3, 0.4) is 0 Å². The lowest BCUT2D eigenvalue weighted by molar-refractivity contribution is 0.682. The summed E-state index contributed by atoms with van der Waals surface area (Å²) in [6.07, 6.45) is 6.35. The van der Waals surface area contributed by atoms with Crippen molar-refractivity contribution in [1.29, 1.82) is 0 Å². The van der Waals surface area contributed by atoms with Crippen molar-refractivity contribution in [2.45, 2.75) is 25.8 Å². The lowest BCUT2D eigenvalue weighted by atomic mass is 9.91. The first kappa shape index (κ1) is 18.8. The maximum atomic E-state index is 6.25. The molecular formula is C25H29N5. The summed E-state index contributed by atoms with van der Waals surface area (Å²) >= 11 is 0. The van der Waals surface area contributed by atoms with Crippen molar-refractivity contribution in [2.75, 3.05) is 25.0 Å². The molecule has 154 valence electrons. The summed E-state index contributed by atoms with van der Waals surface area (Å²) < 4.78 is 0. The summed E-state index contributed by atoms with van der Waals surface area (Å²) in [4.78, 5) is 3.31. The van der Waals surface area contributed by atoms with E-state index in [1.807, 2.05) is 13.1 Å². The number of anilines is 1. The number of hydrogen-bond acceptors (Lipinski definition) is 4. The fourth-order valence-electron chi connectivity index (χ4n) is 4.60. The van der Waals surface area contributed by atoms with Crippen LogP contribution < -0.4 is 21.7 Å². The largest absolute Gasteiger partial charge is 0.401 e. The van der Waals surface area contributed by atoms with Crippen molar-refractivity contribution in [3.63, 3.8) is 0 Å². The molecule has 0 amide bonds. The van der Waals surface area contributed by atoms with Crippen LogP contribution in [0.1, 0.15) is 42.5 Å². The van der Waals surface area contributed by atoms with Crippen LogP contribution in [0.25, 0.3) is 22.2 Å². The highest BCUT2D eigenvalue weighted by Gasteiger charge is 2.23. The quantitative estimate of drug-likeness (QED) is 0.454. The summed E-state index contributed by atoms with van der Waals surface area (Å²) in [6, 6.07) is 15.7. The van der Waals surface area contributed by atoms with Crippen LogP contribution in [0.15, 0.2) is 60.4 Å². The first-order valence-electron chi connectivity index (χ1n) is 10.8. The SMILES string of the molecule is C/C(N)=C1/NCCC(Nc2ccc3cc[nH]c3c2)c2cc(C3=CCNCC3)ccc21. The molecule has 0 bridgehead atoms. The lowest BCUT2D eigenvalue weighted by Crippen LogP contribution is -2.20. The van der Waals surface area contributed by atoms with Crippen molar-refractivity contribution in [3.8, 4) is 0 Å². The molecule has 1 atom stereocenters. The van der Waals surface area contributed by atoms with Gasteiger partial charge in [0.1, 0.15) is 0 Å². The molecule has 5 heteroatoms. The molecule has 1 aromatic heterocycles. The van der Waals surface area contributed by atoms with E-state index < -0.39 is 0 Å². The van der Waals surface area contributed by atoms with Gasteiger partial charge in [0.15, 0.2) is 0 Å². The minimum atomic E-state index is 0.207. The Morgan fingerprint density at radius 1 is 1.10 bits per heavy atom. The van der Waals surface area contributed by atoms with E-state index in [2.05, 4.69) is 69.5 Å². The molecule has 0 aliphatic carbocycles. The monoisotopic (exact) mass is 399 g/mol. The molecule has 2 aliphatic rings. The number of aromatic amines is 1. The van der Waals surface area contributed by atoms with E-state index in [9.17, 15) is 0 Å². The highest BCUT2D eigenvalue weighted by Crippen LogP contribution is 2.35. The lowest BCUT2D eigenvalue weighted by Gasteiger charge is -2.23. The second-order valence-corrected chi connectivity index (χ2v) is 8.24. The highest BCUT2D eigenvalue weighted by molar-refractivity contribution is 5.83. The molecule has 2 aliphatic heterocycles. The van der Waals surface area contributed by atoms with E-state index in [1.165, 1.54) is 27.6 Å². The summed E-state index contributed by atoms with van der Waals surface area (Å²) in [5, 5.41) is 12.0. The molecule has 3 heterocycles. The van der Waals surface area contributed by atoms with Crippen molar-refractivity contribution >= 4 is 27.9 Å². The second-order valence-electron chi connectivity index (χ2n) is 8.24. The Hall–Kier alpha value is -3.18. The van der Waals surface area contributed by atoms with Gasteiger partial charge in [0.2, 0.25) is 0 Å². The predicted octanol–water partition coefficient (Wildman–Crippen LogP) is 4.34. The molecule has 0 radical (unpaired) electrons. The van der Waals surface area contributed by atoms with Crippen molar-refractivity contribution < 1.29 is 0 Å². The van der Waals surface area contributed by atoms with Gasteiger partial charge in [0, 0.05) is 41.8 Å². The van der Waals surface area contributed by atoms with Crippen molar-refractivity contribution in [3.05, 3.63) is 77.1 Å². The average Bonchev–Trinajstić information content (AvgIpc) is 3.16. The zero-order valence-electron chi connectivity index (χ0n) is 17.4. The number of allylic oxidation sites excluding steroid dienone is 1. The van der Waals surface area contributed by atoms with Gasteiger partial charge in [0.05, 0.1) is 11.7 Å². The summed E-state index contributed by atoms with van der Waals surface area (Å²) in [7, 11) is 0. The molecule has 5 nitrogen and oxygen atoms in total. The maximum absolute atomic E-state index is 6.25. The Bertz CT molecular complexity index is 1130. The fraction of sp³-hybridized carbons (Fsp3) is 0.280. The Balaban J connectivity index is 1.56. The Morgan fingerprint density at radius 3 is 2.87 bits per heavy atom. The number of aromatic nitrogens is 1. The normalized spacial score (nSPS) is 20.7. The number of fused-ring (bicyclic) bond motifs is 2. The van der Waals surface area contributed by atoms with E-state index in [0.717, 1.165) is 55.1 Å². The molecule has 3 aromatic rings. The molecule has 1 unspecified atom stereocenters. The van der Waals surface area contributed by atoms with Gasteiger partial charge >= 0.3 is 0 Å². The van der Waals surface area contributed by atoms with Gasteiger partial charge in [0.25, 0.3) is 0 Å². The third kappa shape index (κ3) is 3.57. The van der Waals surface area contributed by atoms with E-state index in [0.29, 0.717) is 0 Å². The molecule has 6 N–H and O–H groups in total. The Labute approximate surface area is 177 Å². The van der Waals surface area contributed by atoms with Gasteiger partial charge in [-0.3, -0.25) is 0 Å². The van der Waals surface area contributed by atoms with Crippen LogP contribution in [0.2, 0.25) is 0 Å². The van der Waals surface area contributed by atoms with Gasteiger partial charge < -0.3 is 26.7 Å². The van der Waals surface area contributed by atoms with E-state index in [-0.39, 0.29) is 6.04 Å². The first-order chi connectivity index (χ1) is 14.7. The minimum Gasteiger partial charge on any atom is -0.401 e. The average molecular weight is 400 g/mol. The molecule has 30 heavy (non-hydrogen) atoms. The smallest absolute Gasteiger partial charge is 0.0605 e. The first-order valence-corrected chi connectivity index (χ1v) is 10.8. The number of rotatable bonds is 3. The van der Waals surface area contributed by atoms with Gasteiger partial charge in [-0.05, 0) is 72.7 Å². The number of hydrogen-bond donors (Lipinski definition) is 5. The van der Waals surface area contributed by atoms with Crippen LogP contribution in [0.5, 0.6) is 0 Å². The zero-order chi connectivity index (χ0) is 20.5. The number of H-pyrrole nitrogens is 1. The minimum absolute atomic E-state index is 0.207. The molecule has 5 rings (SSSR count). The summed E-state index contributed by atoms with van der Waals surface area (Å²) in [5.41, 5.74) is 15.7. The van der Waals surface area contributed by atoms with Crippen LogP contribution in [0.4, 0.5) is 5.69 Å². The third-order valence-corrected chi connectivity index (χ3v) is 6.16. The Kier molecular flexibility index (Phi) is 4.97. The number of nitrogens with two attached hydrogens (primary N) is 1. The zero-order valence-corrected chi connectivity index (χ0v) is 17.4. The number of nitrogens with one attached hydrogen (secondary N) is 4. The van der Waals surface area contributed by atoms with Crippen LogP contribution in [-0.4, -0.2) is 24.6 Å². The fourth-order valence-corrected chi connectivity index (χ4v) is 4.60. The molecular weight excluding hydrogens is 370 g/mol. The van der Waals surface area contributed by atoms with Crippen LogP contribution >= 0.6 is 0 Å². The standard InChI is InChI=1S/C25H29N5/c1-16(26)25-21-5-3-19(17-6-10-27-11-7-17)14-22(21)23(9-13-29-25)30-20-4-2-18-8-12-28-24(18)15-20/h2-6,8,12,14-15,23,27-30H,7,9-11,13,26H2,1H3/b25-16-. The van der Waals surface area contributed by atoms with Crippen LogP contribution in [-0.2, 0) is 0 Å². The predicted molar refractivity (Wildman–Crippen MR) is 126 cm³/mol. The second kappa shape index (κ2) is 7.92. The van der Waals surface area contributed by atoms with Crippen LogP contribution in [0, 0.1) is 0 Å². The maximum Gasteiger partial charge on any atom is 0.0605 e. The van der Waals surface area contributed by atoms with E-state index in [4.69, 9.17) is 5.73 Å². The van der Waals surface area contributed by atoms with Crippen molar-refractivity contribution in [1.82, 2.24) is 15.6 Å². The molecule has 0 spiro atoms. The molecule has 2 aromatic carbocycles. The third-order valence-electron chi connectivity index (χ3n) is 6.16. The summed E-state index contributed by atoms with van der Waals surface area (Å²) in [6.45, 7) is 4.83. The number of benzene rings is 2. The Morgan fingerprint density at radius 2 is 2.03 bits per heavy atom. The van der Waals surface area contributed by atoms with Gasteiger partial charge in [-0.15, -0.1) is 0 Å². The molecule has 0 saturated heterocycles. The van der Waals surface area contributed by atoms with Crippen molar-refractivity contribution in [2.24, 2.45) is 5.73 Å². The molecule has 0 saturated carbocycles. The molecule has 0 fully saturated rings. The van der Waals surface area contributed by atoms with Gasteiger partial charge in [-0.1, -0.05) is 24.3 Å². The van der Waals surface area contributed by atoms with Gasteiger partial charge in [-0.25, -0.2) is 0 Å². The van der Waals surface area contributed by atoms with E-state index in [1.54, 1.807) is 0 Å². The highest BCUT2D eigenvalue weighted by atomic mass is 15.0.